The number of carbonyl (C=O) groups excluding carboxylic acids is 3. The Morgan fingerprint density at radius 2 is 1.47 bits per heavy atom. The number of amides is 3. The summed E-state index contributed by atoms with van der Waals surface area (Å²) in [7, 11) is 0. The van der Waals surface area contributed by atoms with Crippen molar-refractivity contribution in [1.82, 2.24) is 16.0 Å². The summed E-state index contributed by atoms with van der Waals surface area (Å²) >= 11 is 1.41. The van der Waals surface area contributed by atoms with Gasteiger partial charge in [-0.3, -0.25) is 19.4 Å². The van der Waals surface area contributed by atoms with Crippen molar-refractivity contribution in [3.63, 3.8) is 0 Å². The number of rotatable bonds is 16. The van der Waals surface area contributed by atoms with Gasteiger partial charge in [0.15, 0.2) is 5.96 Å². The molecule has 184 valence electrons. The number of hydrogen-bond donors (Lipinski definition) is 9. The fraction of sp³-hybridized carbons (Fsp3) is 0.706. The van der Waals surface area contributed by atoms with Crippen molar-refractivity contribution in [2.75, 3.05) is 31.8 Å². The molecule has 0 spiro atoms. The van der Waals surface area contributed by atoms with E-state index in [-0.39, 0.29) is 31.8 Å². The lowest BCUT2D eigenvalue weighted by Crippen LogP contribution is -2.58. The molecule has 0 saturated carbocycles. The molecule has 0 rings (SSSR count). The molecule has 12 N–H and O–H groups in total. The number of hydrogen-bond acceptors (Lipinski definition) is 9. The lowest BCUT2D eigenvalue weighted by molar-refractivity contribution is -0.142. The Balaban J connectivity index is 5.09. The van der Waals surface area contributed by atoms with E-state index in [1.807, 2.05) is 0 Å². The molecule has 0 aliphatic rings. The van der Waals surface area contributed by atoms with E-state index in [0.29, 0.717) is 5.75 Å². The Bertz CT molecular complexity index is 661. The standard InChI is InChI=1S/C17H33N7O7S/c1-32-6-4-10(22-13(27)9(18)7-25)14(28)24-12(8-26)15(29)23-11(16(30)31)3-2-5-21-17(19)20/h9-12,25-26H,2-8,18H2,1H3,(H,22,27)(H,23,29)(H,24,28)(H,30,31)(H4,19,20,21). The summed E-state index contributed by atoms with van der Waals surface area (Å²) in [5.74, 6) is -3.42. The maximum Gasteiger partial charge on any atom is 0.326 e. The Morgan fingerprint density at radius 3 is 1.97 bits per heavy atom. The van der Waals surface area contributed by atoms with Crippen LogP contribution in [0.1, 0.15) is 19.3 Å². The zero-order valence-corrected chi connectivity index (χ0v) is 18.6. The predicted molar refractivity (Wildman–Crippen MR) is 118 cm³/mol. The van der Waals surface area contributed by atoms with Crippen LogP contribution in [0.25, 0.3) is 0 Å². The summed E-state index contributed by atoms with van der Waals surface area (Å²) in [6.07, 6.45) is 2.26. The van der Waals surface area contributed by atoms with Crippen molar-refractivity contribution >= 4 is 41.4 Å². The second-order valence-corrected chi connectivity index (χ2v) is 7.71. The minimum absolute atomic E-state index is 0.00933. The first kappa shape index (κ1) is 29.4. The second kappa shape index (κ2) is 16.1. The molecule has 0 aliphatic carbocycles. The molecule has 3 amide bonds. The van der Waals surface area contributed by atoms with Gasteiger partial charge in [0.1, 0.15) is 24.2 Å². The second-order valence-electron chi connectivity index (χ2n) is 6.72. The SMILES string of the molecule is CSCCC(NC(=O)C(N)CO)C(=O)NC(CO)C(=O)NC(CCCN=C(N)N)C(=O)O. The highest BCUT2D eigenvalue weighted by Gasteiger charge is 2.29. The third-order valence-corrected chi connectivity index (χ3v) is 4.80. The maximum absolute atomic E-state index is 12.6. The molecule has 0 fully saturated rings. The largest absolute Gasteiger partial charge is 0.480 e. The molecule has 14 nitrogen and oxygen atoms in total. The summed E-state index contributed by atoms with van der Waals surface area (Å²) < 4.78 is 0. The van der Waals surface area contributed by atoms with Crippen molar-refractivity contribution in [3.8, 4) is 0 Å². The van der Waals surface area contributed by atoms with E-state index in [9.17, 15) is 29.4 Å². The molecular weight excluding hydrogens is 446 g/mol. The smallest absolute Gasteiger partial charge is 0.326 e. The normalized spacial score (nSPS) is 14.4. The maximum atomic E-state index is 12.6. The molecule has 4 atom stereocenters. The van der Waals surface area contributed by atoms with Gasteiger partial charge in [-0.2, -0.15) is 11.8 Å². The van der Waals surface area contributed by atoms with Gasteiger partial charge in [-0.05, 0) is 31.3 Å². The first-order chi connectivity index (χ1) is 15.1. The predicted octanol–water partition coefficient (Wildman–Crippen LogP) is -4.36. The van der Waals surface area contributed by atoms with E-state index in [1.54, 1.807) is 6.26 Å². The van der Waals surface area contributed by atoms with Gasteiger partial charge in [-0.15, -0.1) is 0 Å². The summed E-state index contributed by atoms with van der Waals surface area (Å²) in [4.78, 5) is 52.0. The minimum atomic E-state index is -1.46. The lowest BCUT2D eigenvalue weighted by atomic mass is 10.1. The van der Waals surface area contributed by atoms with Gasteiger partial charge >= 0.3 is 5.97 Å². The quantitative estimate of drug-likeness (QED) is 0.0580. The summed E-state index contributed by atoms with van der Waals surface area (Å²) in [5, 5.41) is 34.7. The van der Waals surface area contributed by atoms with Gasteiger partial charge in [0.2, 0.25) is 17.7 Å². The first-order valence-corrected chi connectivity index (χ1v) is 11.1. The number of guanidine groups is 1. The molecule has 0 bridgehead atoms. The zero-order chi connectivity index (χ0) is 24.7. The molecule has 4 unspecified atom stereocenters. The van der Waals surface area contributed by atoms with Crippen LogP contribution in [0.2, 0.25) is 0 Å². The number of aliphatic hydroxyl groups excluding tert-OH is 2. The van der Waals surface area contributed by atoms with Crippen LogP contribution >= 0.6 is 11.8 Å². The van der Waals surface area contributed by atoms with Gasteiger partial charge in [0.25, 0.3) is 0 Å². The van der Waals surface area contributed by atoms with Crippen LogP contribution in [0, 0.1) is 0 Å². The number of aliphatic carboxylic acids is 1. The third kappa shape index (κ3) is 11.7. The molecular formula is C17H33N7O7S. The van der Waals surface area contributed by atoms with Crippen LogP contribution in [0.5, 0.6) is 0 Å². The Morgan fingerprint density at radius 1 is 0.906 bits per heavy atom. The molecule has 32 heavy (non-hydrogen) atoms. The molecule has 0 aromatic heterocycles. The number of carboxylic acid groups (broad SMARTS) is 1. The van der Waals surface area contributed by atoms with Gasteiger partial charge in [-0.1, -0.05) is 0 Å². The van der Waals surface area contributed by atoms with Crippen LogP contribution in [0.15, 0.2) is 4.99 Å². The summed E-state index contributed by atoms with van der Waals surface area (Å²) in [6.45, 7) is -1.27. The Kier molecular flexibility index (Phi) is 14.8. The van der Waals surface area contributed by atoms with Crippen molar-refractivity contribution in [2.45, 2.75) is 43.4 Å². The van der Waals surface area contributed by atoms with Crippen molar-refractivity contribution in [1.29, 1.82) is 0 Å². The molecule has 0 radical (unpaired) electrons. The molecule has 0 saturated heterocycles. The van der Waals surface area contributed by atoms with Crippen LogP contribution in [0.3, 0.4) is 0 Å². The van der Waals surface area contributed by atoms with E-state index < -0.39 is 61.1 Å². The number of carbonyl (C=O) groups is 4. The number of nitrogens with one attached hydrogen (secondary N) is 3. The average molecular weight is 480 g/mol. The number of nitrogens with two attached hydrogens (primary N) is 3. The molecule has 15 heteroatoms. The fourth-order valence-electron chi connectivity index (χ4n) is 2.37. The van der Waals surface area contributed by atoms with Crippen molar-refractivity contribution in [3.05, 3.63) is 0 Å². The minimum Gasteiger partial charge on any atom is -0.480 e. The van der Waals surface area contributed by atoms with E-state index in [4.69, 9.17) is 22.3 Å². The van der Waals surface area contributed by atoms with Crippen molar-refractivity contribution < 1.29 is 34.5 Å². The van der Waals surface area contributed by atoms with Gasteiger partial charge in [0.05, 0.1) is 13.2 Å². The van der Waals surface area contributed by atoms with Gasteiger partial charge in [-0.25, -0.2) is 4.79 Å². The lowest BCUT2D eigenvalue weighted by Gasteiger charge is -2.24. The van der Waals surface area contributed by atoms with E-state index in [0.717, 1.165) is 0 Å². The van der Waals surface area contributed by atoms with Crippen LogP contribution in [0.4, 0.5) is 0 Å². The summed E-state index contributed by atoms with van der Waals surface area (Å²) in [5.41, 5.74) is 15.8. The molecule has 0 aliphatic heterocycles. The number of nitrogens with zero attached hydrogens (tertiary/aromatic N) is 1. The highest BCUT2D eigenvalue weighted by molar-refractivity contribution is 7.98. The molecule has 0 aromatic carbocycles. The zero-order valence-electron chi connectivity index (χ0n) is 17.8. The topological polar surface area (TPSA) is 255 Å². The monoisotopic (exact) mass is 479 g/mol. The average Bonchev–Trinajstić information content (AvgIpc) is 2.75. The van der Waals surface area contributed by atoms with Crippen molar-refractivity contribution in [2.24, 2.45) is 22.2 Å². The number of aliphatic hydroxyl groups is 2. The Labute approximate surface area is 189 Å². The number of thioether (sulfide) groups is 1. The highest BCUT2D eigenvalue weighted by Crippen LogP contribution is 2.03. The van der Waals surface area contributed by atoms with E-state index >= 15 is 0 Å². The third-order valence-electron chi connectivity index (χ3n) is 4.15. The molecule has 0 aromatic rings. The highest BCUT2D eigenvalue weighted by atomic mass is 32.2. The fourth-order valence-corrected chi connectivity index (χ4v) is 2.84. The van der Waals surface area contributed by atoms with Crippen LogP contribution in [-0.2, 0) is 19.2 Å². The van der Waals surface area contributed by atoms with E-state index in [2.05, 4.69) is 20.9 Å². The van der Waals surface area contributed by atoms with Crippen LogP contribution in [-0.4, -0.2) is 101 Å². The number of carboxylic acids is 1. The van der Waals surface area contributed by atoms with E-state index in [1.165, 1.54) is 11.8 Å². The number of aliphatic imine (C=N–C) groups is 1. The summed E-state index contributed by atoms with van der Waals surface area (Å²) in [6, 6.07) is -5.06. The van der Waals surface area contributed by atoms with Gasteiger partial charge < -0.3 is 48.5 Å². The first-order valence-electron chi connectivity index (χ1n) is 9.72. The van der Waals surface area contributed by atoms with Gasteiger partial charge in [0, 0.05) is 6.54 Å². The molecule has 0 heterocycles. The Hall–Kier alpha value is -2.62. The van der Waals surface area contributed by atoms with Crippen LogP contribution < -0.4 is 33.2 Å².